The number of aryl methyl sites for hydroxylation is 1. The lowest BCUT2D eigenvalue weighted by Gasteiger charge is -2.08. The Morgan fingerprint density at radius 3 is 3.00 bits per heavy atom. The molecule has 0 N–H and O–H groups in total. The maximum Gasteiger partial charge on any atom is 0.348 e. The zero-order valence-corrected chi connectivity index (χ0v) is 10.7. The van der Waals surface area contributed by atoms with Crippen LogP contribution in [0.1, 0.15) is 22.8 Å². The number of benzene rings is 1. The summed E-state index contributed by atoms with van der Waals surface area (Å²) in [5, 5.41) is 3.46. The van der Waals surface area contributed by atoms with Crippen molar-refractivity contribution in [2.45, 2.75) is 13.3 Å². The molecule has 0 radical (unpaired) electrons. The van der Waals surface area contributed by atoms with Gasteiger partial charge in [0.25, 0.3) is 0 Å². The third-order valence-corrected chi connectivity index (χ3v) is 2.77. The van der Waals surface area contributed by atoms with Gasteiger partial charge in [-0.25, -0.2) is 4.79 Å². The highest BCUT2D eigenvalue weighted by Crippen LogP contribution is 2.24. The van der Waals surface area contributed by atoms with E-state index in [2.05, 4.69) is 25.6 Å². The first kappa shape index (κ1) is 11.9. The van der Waals surface area contributed by atoms with Crippen molar-refractivity contribution < 1.29 is 14.1 Å². The molecule has 17 heavy (non-hydrogen) atoms. The highest BCUT2D eigenvalue weighted by Gasteiger charge is 2.13. The van der Waals surface area contributed by atoms with Crippen LogP contribution in [0.3, 0.4) is 0 Å². The van der Waals surface area contributed by atoms with Gasteiger partial charge < -0.3 is 9.26 Å². The number of carbonyl (C=O) groups is 1. The highest BCUT2D eigenvalue weighted by atomic mass is 79.9. The first-order valence-electron chi connectivity index (χ1n) is 5.10. The monoisotopic (exact) mass is 295 g/mol. The SMILES string of the molecule is CCc1cc(Br)ccc1OC(=O)c1cnoc1. The predicted octanol–water partition coefficient (Wildman–Crippen LogP) is 3.22. The van der Waals surface area contributed by atoms with Crippen molar-refractivity contribution in [2.24, 2.45) is 0 Å². The molecule has 4 nitrogen and oxygen atoms in total. The maximum absolute atomic E-state index is 11.7. The Morgan fingerprint density at radius 1 is 1.53 bits per heavy atom. The van der Waals surface area contributed by atoms with Crippen LogP contribution in [-0.2, 0) is 6.42 Å². The van der Waals surface area contributed by atoms with Crippen LogP contribution in [0.5, 0.6) is 5.75 Å². The lowest BCUT2D eigenvalue weighted by molar-refractivity contribution is 0.0732. The lowest BCUT2D eigenvalue weighted by Crippen LogP contribution is -2.08. The van der Waals surface area contributed by atoms with Crippen LogP contribution in [0.2, 0.25) is 0 Å². The Labute approximate surface area is 107 Å². The minimum Gasteiger partial charge on any atom is -0.423 e. The second-order valence-electron chi connectivity index (χ2n) is 3.41. The summed E-state index contributed by atoms with van der Waals surface area (Å²) < 4.78 is 10.8. The van der Waals surface area contributed by atoms with Gasteiger partial charge in [0.05, 0.1) is 6.20 Å². The topological polar surface area (TPSA) is 52.3 Å². The van der Waals surface area contributed by atoms with E-state index in [4.69, 9.17) is 4.74 Å². The second kappa shape index (κ2) is 5.14. The molecule has 0 unspecified atom stereocenters. The van der Waals surface area contributed by atoms with E-state index in [9.17, 15) is 4.79 Å². The molecule has 0 amide bonds. The Kier molecular flexibility index (Phi) is 3.58. The largest absolute Gasteiger partial charge is 0.423 e. The van der Waals surface area contributed by atoms with Gasteiger partial charge in [-0.1, -0.05) is 28.0 Å². The maximum atomic E-state index is 11.7. The Morgan fingerprint density at radius 2 is 2.35 bits per heavy atom. The minimum absolute atomic E-state index is 0.301. The summed E-state index contributed by atoms with van der Waals surface area (Å²) in [5.74, 6) is 0.0881. The van der Waals surface area contributed by atoms with Gasteiger partial charge in [-0.3, -0.25) is 0 Å². The summed E-state index contributed by atoms with van der Waals surface area (Å²) in [6.45, 7) is 2.00. The van der Waals surface area contributed by atoms with Crippen molar-refractivity contribution in [1.82, 2.24) is 5.16 Å². The van der Waals surface area contributed by atoms with E-state index >= 15 is 0 Å². The third kappa shape index (κ3) is 2.74. The van der Waals surface area contributed by atoms with E-state index in [1.165, 1.54) is 12.5 Å². The van der Waals surface area contributed by atoms with Gasteiger partial charge in [0.15, 0.2) is 0 Å². The van der Waals surface area contributed by atoms with Gasteiger partial charge in [-0.2, -0.15) is 0 Å². The quantitative estimate of drug-likeness (QED) is 0.644. The number of ether oxygens (including phenoxy) is 1. The van der Waals surface area contributed by atoms with Gasteiger partial charge in [-0.05, 0) is 30.2 Å². The molecule has 0 aliphatic heterocycles. The van der Waals surface area contributed by atoms with Gasteiger partial charge in [0, 0.05) is 4.47 Å². The fourth-order valence-electron chi connectivity index (χ4n) is 1.39. The molecule has 0 atom stereocenters. The number of rotatable bonds is 3. The van der Waals surface area contributed by atoms with Crippen LogP contribution in [-0.4, -0.2) is 11.1 Å². The molecule has 0 bridgehead atoms. The predicted molar refractivity (Wildman–Crippen MR) is 65.0 cm³/mol. The lowest BCUT2D eigenvalue weighted by atomic mass is 10.1. The van der Waals surface area contributed by atoms with Crippen LogP contribution in [0, 0.1) is 0 Å². The summed E-state index contributed by atoms with van der Waals surface area (Å²) in [4.78, 5) is 11.7. The molecule has 0 aliphatic rings. The molecule has 0 fully saturated rings. The van der Waals surface area contributed by atoms with E-state index in [-0.39, 0.29) is 0 Å². The van der Waals surface area contributed by atoms with E-state index in [0.29, 0.717) is 11.3 Å². The molecule has 0 spiro atoms. The first-order chi connectivity index (χ1) is 8.20. The summed E-state index contributed by atoms with van der Waals surface area (Å²) in [7, 11) is 0. The highest BCUT2D eigenvalue weighted by molar-refractivity contribution is 9.10. The van der Waals surface area contributed by atoms with Crippen molar-refractivity contribution in [3.05, 3.63) is 46.3 Å². The number of esters is 1. The second-order valence-corrected chi connectivity index (χ2v) is 4.32. The number of halogens is 1. The molecule has 88 valence electrons. The molecule has 2 aromatic rings. The van der Waals surface area contributed by atoms with E-state index < -0.39 is 5.97 Å². The molecule has 0 aliphatic carbocycles. The van der Waals surface area contributed by atoms with Crippen LogP contribution < -0.4 is 4.74 Å². The molecule has 5 heteroatoms. The van der Waals surface area contributed by atoms with E-state index in [1.807, 2.05) is 19.1 Å². The van der Waals surface area contributed by atoms with Crippen molar-refractivity contribution in [2.75, 3.05) is 0 Å². The van der Waals surface area contributed by atoms with Gasteiger partial charge >= 0.3 is 5.97 Å². The zero-order valence-electron chi connectivity index (χ0n) is 9.14. The minimum atomic E-state index is -0.469. The Bertz CT molecular complexity index is 523. The Hall–Kier alpha value is -1.62. The average molecular weight is 296 g/mol. The van der Waals surface area contributed by atoms with Crippen LogP contribution >= 0.6 is 15.9 Å². The Balaban J connectivity index is 2.21. The van der Waals surface area contributed by atoms with Crippen molar-refractivity contribution in [1.29, 1.82) is 0 Å². The zero-order chi connectivity index (χ0) is 12.3. The number of hydrogen-bond donors (Lipinski definition) is 0. The standard InChI is InChI=1S/C12H10BrNO3/c1-2-8-5-10(13)3-4-11(8)17-12(15)9-6-14-16-7-9/h3-7H,2H2,1H3. The fourth-order valence-corrected chi connectivity index (χ4v) is 1.80. The number of carbonyl (C=O) groups excluding carboxylic acids is 1. The molecule has 2 rings (SSSR count). The first-order valence-corrected chi connectivity index (χ1v) is 5.90. The molecule has 0 saturated carbocycles. The average Bonchev–Trinajstić information content (AvgIpc) is 2.85. The molecular formula is C12H10BrNO3. The summed E-state index contributed by atoms with van der Waals surface area (Å²) >= 11 is 3.38. The van der Waals surface area contributed by atoms with Gasteiger partial charge in [0.1, 0.15) is 17.6 Å². The van der Waals surface area contributed by atoms with Crippen LogP contribution in [0.25, 0.3) is 0 Å². The van der Waals surface area contributed by atoms with Gasteiger partial charge in [0.2, 0.25) is 0 Å². The molecule has 1 aromatic heterocycles. The third-order valence-electron chi connectivity index (χ3n) is 2.27. The molecule has 1 aromatic carbocycles. The summed E-state index contributed by atoms with van der Waals surface area (Å²) in [6, 6.07) is 5.51. The van der Waals surface area contributed by atoms with Crippen molar-refractivity contribution in [3.63, 3.8) is 0 Å². The number of aromatic nitrogens is 1. The van der Waals surface area contributed by atoms with Crippen molar-refractivity contribution >= 4 is 21.9 Å². The fraction of sp³-hybridized carbons (Fsp3) is 0.167. The summed E-state index contributed by atoms with van der Waals surface area (Å²) in [6.07, 6.45) is 3.37. The molecule has 0 saturated heterocycles. The van der Waals surface area contributed by atoms with E-state index in [1.54, 1.807) is 6.07 Å². The van der Waals surface area contributed by atoms with Gasteiger partial charge in [-0.15, -0.1) is 0 Å². The van der Waals surface area contributed by atoms with Crippen molar-refractivity contribution in [3.8, 4) is 5.75 Å². The van der Waals surface area contributed by atoms with Crippen LogP contribution in [0.4, 0.5) is 0 Å². The number of nitrogens with zero attached hydrogens (tertiary/aromatic N) is 1. The normalized spacial score (nSPS) is 10.2. The van der Waals surface area contributed by atoms with E-state index in [0.717, 1.165) is 16.5 Å². The number of hydrogen-bond acceptors (Lipinski definition) is 4. The molecular weight excluding hydrogens is 286 g/mol. The van der Waals surface area contributed by atoms with Crippen LogP contribution in [0.15, 0.2) is 39.7 Å². The smallest absolute Gasteiger partial charge is 0.348 e. The molecule has 1 heterocycles. The summed E-state index contributed by atoms with van der Waals surface area (Å²) in [5.41, 5.74) is 1.26.